The number of ether oxygens (including phenoxy) is 1. The zero-order valence-corrected chi connectivity index (χ0v) is 16.8. The number of hydrogen-bond donors (Lipinski definition) is 4. The van der Waals surface area contributed by atoms with Crippen LogP contribution in [-0.2, 0) is 0 Å². The van der Waals surface area contributed by atoms with Gasteiger partial charge in [-0.05, 0) is 60.7 Å². The third-order valence-electron chi connectivity index (χ3n) is 4.75. The Morgan fingerprint density at radius 1 is 0.812 bits per heavy atom. The van der Waals surface area contributed by atoms with Gasteiger partial charge in [-0.2, -0.15) is 0 Å². The highest BCUT2D eigenvalue weighted by Crippen LogP contribution is 2.39. The van der Waals surface area contributed by atoms with Crippen LogP contribution in [0.5, 0.6) is 17.2 Å². The topological polar surface area (TPSA) is 135 Å². The molecule has 0 aliphatic heterocycles. The number of nitrogens with two attached hydrogens (primary N) is 2. The van der Waals surface area contributed by atoms with Crippen molar-refractivity contribution < 1.29 is 19.7 Å². The van der Waals surface area contributed by atoms with Crippen molar-refractivity contribution in [1.82, 2.24) is 4.98 Å². The molecular formula is C24H20N4O4. The van der Waals surface area contributed by atoms with Gasteiger partial charge in [-0.1, -0.05) is 0 Å². The minimum Gasteiger partial charge on any atom is -0.506 e. The number of pyridine rings is 1. The van der Waals surface area contributed by atoms with Gasteiger partial charge in [-0.25, -0.2) is 4.79 Å². The summed E-state index contributed by atoms with van der Waals surface area (Å²) in [5, 5.41) is 20.2. The molecule has 6 N–H and O–H groups in total. The zero-order valence-electron chi connectivity index (χ0n) is 16.8. The highest BCUT2D eigenvalue weighted by atomic mass is 16.5. The average Bonchev–Trinajstić information content (AvgIpc) is 2.80. The van der Waals surface area contributed by atoms with Crippen molar-refractivity contribution in [2.75, 3.05) is 16.4 Å². The molecule has 0 spiro atoms. The number of phenolic OH excluding ortho intramolecular Hbond substituents is 2. The van der Waals surface area contributed by atoms with Crippen LogP contribution in [0, 0.1) is 0 Å². The molecular weight excluding hydrogens is 408 g/mol. The summed E-state index contributed by atoms with van der Waals surface area (Å²) in [6.45, 7) is 0. The number of nitrogens with zero attached hydrogens (tertiary/aromatic N) is 2. The van der Waals surface area contributed by atoms with E-state index in [9.17, 15) is 15.0 Å². The molecule has 0 atom stereocenters. The van der Waals surface area contributed by atoms with Crippen LogP contribution in [0.2, 0.25) is 0 Å². The summed E-state index contributed by atoms with van der Waals surface area (Å²) in [7, 11) is 0. The first-order chi connectivity index (χ1) is 15.4. The van der Waals surface area contributed by atoms with Crippen LogP contribution in [-0.4, -0.2) is 21.2 Å². The number of carbonyl (C=O) groups excluding carboxylic acids is 1. The van der Waals surface area contributed by atoms with Gasteiger partial charge in [0.05, 0.1) is 23.1 Å². The summed E-state index contributed by atoms with van der Waals surface area (Å²) in [6.07, 6.45) is 3.04. The quantitative estimate of drug-likeness (QED) is 0.209. The number of rotatable bonds is 5. The molecule has 0 aliphatic carbocycles. The number of phenols is 2. The monoisotopic (exact) mass is 428 g/mol. The Labute approximate surface area is 183 Å². The molecule has 3 aromatic carbocycles. The van der Waals surface area contributed by atoms with Gasteiger partial charge in [0.25, 0.3) is 0 Å². The molecule has 0 saturated heterocycles. The van der Waals surface area contributed by atoms with E-state index in [2.05, 4.69) is 4.98 Å². The van der Waals surface area contributed by atoms with Crippen LogP contribution in [0.15, 0.2) is 85.2 Å². The van der Waals surface area contributed by atoms with Crippen LogP contribution in [0.4, 0.5) is 28.4 Å². The van der Waals surface area contributed by atoms with Gasteiger partial charge in [-0.15, -0.1) is 0 Å². The fraction of sp³-hybridized carbons (Fsp3) is 0. The van der Waals surface area contributed by atoms with Crippen molar-refractivity contribution in [3.05, 3.63) is 90.8 Å². The van der Waals surface area contributed by atoms with Crippen molar-refractivity contribution in [3.8, 4) is 17.2 Å². The van der Waals surface area contributed by atoms with Crippen LogP contribution < -0.4 is 21.1 Å². The van der Waals surface area contributed by atoms with Crippen molar-refractivity contribution >= 4 is 34.4 Å². The first-order valence-electron chi connectivity index (χ1n) is 9.62. The maximum atomic E-state index is 12.4. The lowest BCUT2D eigenvalue weighted by molar-refractivity contribution is 0.0734. The molecule has 0 amide bonds. The van der Waals surface area contributed by atoms with Crippen molar-refractivity contribution in [2.24, 2.45) is 0 Å². The lowest BCUT2D eigenvalue weighted by Crippen LogP contribution is -2.12. The third-order valence-corrected chi connectivity index (χ3v) is 4.75. The molecule has 0 fully saturated rings. The maximum Gasteiger partial charge on any atom is 0.343 e. The van der Waals surface area contributed by atoms with E-state index in [0.29, 0.717) is 28.4 Å². The van der Waals surface area contributed by atoms with E-state index in [4.69, 9.17) is 16.2 Å². The number of nitrogen functional groups attached to an aromatic ring is 2. The maximum absolute atomic E-state index is 12.4. The number of esters is 1. The smallest absolute Gasteiger partial charge is 0.343 e. The van der Waals surface area contributed by atoms with Gasteiger partial charge in [0.1, 0.15) is 17.2 Å². The zero-order chi connectivity index (χ0) is 22.7. The number of anilines is 5. The van der Waals surface area contributed by atoms with Crippen molar-refractivity contribution in [3.63, 3.8) is 0 Å². The van der Waals surface area contributed by atoms with Crippen LogP contribution in [0.1, 0.15) is 10.4 Å². The Morgan fingerprint density at radius 2 is 1.38 bits per heavy atom. The number of aromatic nitrogens is 1. The minimum absolute atomic E-state index is 0.0798. The number of aromatic hydroxyl groups is 2. The first kappa shape index (κ1) is 20.5. The standard InChI is InChI=1S/C24H20N4O4/c25-20-9-7-17(12-22(20)29)28(18-8-10-21(26)23(30)13-18)16-5-3-15(4-6-16)24(31)32-19-2-1-11-27-14-19/h1-14,29-30H,25-26H2. The van der Waals surface area contributed by atoms with Crippen molar-refractivity contribution in [2.45, 2.75) is 0 Å². The Balaban J connectivity index is 1.70. The summed E-state index contributed by atoms with van der Waals surface area (Å²) in [5.41, 5.74) is 14.2. The second-order valence-corrected chi connectivity index (χ2v) is 6.95. The largest absolute Gasteiger partial charge is 0.506 e. The van der Waals surface area contributed by atoms with Gasteiger partial charge >= 0.3 is 5.97 Å². The first-order valence-corrected chi connectivity index (χ1v) is 9.62. The molecule has 0 bridgehead atoms. The molecule has 4 rings (SSSR count). The van der Waals surface area contributed by atoms with Crippen LogP contribution >= 0.6 is 0 Å². The highest BCUT2D eigenvalue weighted by molar-refractivity contribution is 5.92. The molecule has 1 aromatic heterocycles. The lowest BCUT2D eigenvalue weighted by atomic mass is 10.1. The number of carbonyl (C=O) groups is 1. The molecule has 0 saturated carbocycles. The Hall–Kier alpha value is -4.72. The highest BCUT2D eigenvalue weighted by Gasteiger charge is 2.17. The van der Waals surface area contributed by atoms with E-state index >= 15 is 0 Å². The van der Waals surface area contributed by atoms with Crippen LogP contribution in [0.25, 0.3) is 0 Å². The number of hydrogen-bond acceptors (Lipinski definition) is 8. The van der Waals surface area contributed by atoms with E-state index < -0.39 is 5.97 Å². The minimum atomic E-state index is -0.522. The Bertz CT molecular complexity index is 1210. The molecule has 0 aliphatic rings. The number of benzene rings is 3. The SMILES string of the molecule is Nc1ccc(N(c2ccc(C(=O)Oc3cccnc3)cc2)c2ccc(N)c(O)c2)cc1O. The molecule has 4 aromatic rings. The summed E-state index contributed by atoms with van der Waals surface area (Å²) < 4.78 is 5.32. The van der Waals surface area contributed by atoms with Crippen LogP contribution in [0.3, 0.4) is 0 Å². The van der Waals surface area contributed by atoms with Gasteiger partial charge in [-0.3, -0.25) is 4.98 Å². The molecule has 0 radical (unpaired) electrons. The van der Waals surface area contributed by atoms with E-state index in [1.807, 2.05) is 0 Å². The summed E-state index contributed by atoms with van der Waals surface area (Å²) in [5.74, 6) is -0.336. The second-order valence-electron chi connectivity index (χ2n) is 6.95. The van der Waals surface area contributed by atoms with Gasteiger partial charge in [0.15, 0.2) is 0 Å². The Morgan fingerprint density at radius 3 is 1.88 bits per heavy atom. The summed E-state index contributed by atoms with van der Waals surface area (Å²) in [6, 6.07) is 19.6. The summed E-state index contributed by atoms with van der Waals surface area (Å²) >= 11 is 0. The van der Waals surface area contributed by atoms with Gasteiger partial charge < -0.3 is 31.3 Å². The Kier molecular flexibility index (Phi) is 5.50. The normalized spacial score (nSPS) is 10.5. The predicted molar refractivity (Wildman–Crippen MR) is 122 cm³/mol. The van der Waals surface area contributed by atoms with Crippen molar-refractivity contribution in [1.29, 1.82) is 0 Å². The molecule has 32 heavy (non-hydrogen) atoms. The molecule has 8 nitrogen and oxygen atoms in total. The average molecular weight is 428 g/mol. The van der Waals surface area contributed by atoms with Gasteiger partial charge in [0, 0.05) is 35.4 Å². The van der Waals surface area contributed by atoms with Gasteiger partial charge in [0.2, 0.25) is 0 Å². The second kappa shape index (κ2) is 8.57. The summed E-state index contributed by atoms with van der Waals surface area (Å²) in [4.78, 5) is 18.1. The van der Waals surface area contributed by atoms with E-state index in [1.54, 1.807) is 71.8 Å². The molecule has 0 unspecified atom stereocenters. The molecule has 160 valence electrons. The van der Waals surface area contributed by atoms with E-state index in [1.165, 1.54) is 18.3 Å². The fourth-order valence-electron chi connectivity index (χ4n) is 3.11. The van der Waals surface area contributed by atoms with E-state index in [0.717, 1.165) is 0 Å². The van der Waals surface area contributed by atoms with E-state index in [-0.39, 0.29) is 22.9 Å². The lowest BCUT2D eigenvalue weighted by Gasteiger charge is -2.26. The molecule has 1 heterocycles. The predicted octanol–water partition coefficient (Wildman–Crippen LogP) is 4.35. The molecule has 8 heteroatoms. The fourth-order valence-corrected chi connectivity index (χ4v) is 3.11. The third kappa shape index (κ3) is 4.24.